The van der Waals surface area contributed by atoms with Gasteiger partial charge in [-0.3, -0.25) is 0 Å². The van der Waals surface area contributed by atoms with E-state index in [0.717, 1.165) is 28.1 Å². The zero-order valence-electron chi connectivity index (χ0n) is 19.9. The van der Waals surface area contributed by atoms with Crippen molar-refractivity contribution in [2.75, 3.05) is 5.32 Å². The molecule has 3 aromatic heterocycles. The second kappa shape index (κ2) is 9.91. The molecule has 0 amide bonds. The average Bonchev–Trinajstić information content (AvgIpc) is 3.64. The first kappa shape index (κ1) is 22.4. The van der Waals surface area contributed by atoms with Crippen molar-refractivity contribution in [2.24, 2.45) is 0 Å². The molecule has 1 N–H and O–H groups in total. The third kappa shape index (κ3) is 4.50. The van der Waals surface area contributed by atoms with Crippen LogP contribution in [0.2, 0.25) is 0 Å². The molecule has 0 bridgehead atoms. The first-order chi connectivity index (χ1) is 18.3. The Labute approximate surface area is 213 Å². The minimum Gasteiger partial charge on any atom is -0.364 e. The summed E-state index contributed by atoms with van der Waals surface area (Å²) >= 11 is 0. The summed E-state index contributed by atoms with van der Waals surface area (Å²) in [7, 11) is 0. The molecular formula is C30H23FN6. The van der Waals surface area contributed by atoms with Crippen molar-refractivity contribution >= 4 is 5.82 Å². The normalized spacial score (nSPS) is 10.9. The van der Waals surface area contributed by atoms with E-state index in [1.54, 1.807) is 41.7 Å². The summed E-state index contributed by atoms with van der Waals surface area (Å²) in [6, 6.07) is 28.9. The van der Waals surface area contributed by atoms with E-state index in [1.807, 2.05) is 59.3 Å². The van der Waals surface area contributed by atoms with Crippen LogP contribution in [0.5, 0.6) is 0 Å². The maximum Gasteiger partial charge on any atom is 0.150 e. The van der Waals surface area contributed by atoms with E-state index in [2.05, 4.69) is 44.6 Å². The third-order valence-corrected chi connectivity index (χ3v) is 6.21. The van der Waals surface area contributed by atoms with E-state index in [-0.39, 0.29) is 5.82 Å². The number of hydrogen-bond acceptors (Lipinski definition) is 4. The third-order valence-electron chi connectivity index (χ3n) is 6.21. The van der Waals surface area contributed by atoms with Gasteiger partial charge < -0.3 is 9.88 Å². The van der Waals surface area contributed by atoms with Gasteiger partial charge >= 0.3 is 0 Å². The Morgan fingerprint density at radius 3 is 2.35 bits per heavy atom. The molecule has 0 aliphatic rings. The van der Waals surface area contributed by atoms with Crippen LogP contribution in [0.4, 0.5) is 10.2 Å². The molecule has 0 fully saturated rings. The zero-order chi connectivity index (χ0) is 25.0. The van der Waals surface area contributed by atoms with E-state index in [0.29, 0.717) is 23.6 Å². The molecule has 0 saturated carbocycles. The summed E-state index contributed by atoms with van der Waals surface area (Å²) in [5, 5.41) is 8.07. The molecule has 6 nitrogen and oxygen atoms in total. The maximum atomic E-state index is 15.0. The molecule has 7 heteroatoms. The molecule has 0 aliphatic heterocycles. The van der Waals surface area contributed by atoms with Crippen LogP contribution >= 0.6 is 0 Å². The quantitative estimate of drug-likeness (QED) is 0.278. The highest BCUT2D eigenvalue weighted by atomic mass is 19.1. The lowest BCUT2D eigenvalue weighted by molar-refractivity contribution is 0.629. The van der Waals surface area contributed by atoms with Crippen molar-refractivity contribution in [1.82, 2.24) is 24.3 Å². The molecular weight excluding hydrogens is 463 g/mol. The van der Waals surface area contributed by atoms with Crippen LogP contribution < -0.4 is 5.32 Å². The Morgan fingerprint density at radius 2 is 1.57 bits per heavy atom. The van der Waals surface area contributed by atoms with E-state index in [9.17, 15) is 0 Å². The first-order valence-corrected chi connectivity index (χ1v) is 11.9. The van der Waals surface area contributed by atoms with Crippen molar-refractivity contribution in [3.8, 4) is 33.8 Å². The van der Waals surface area contributed by atoms with Crippen LogP contribution in [0.15, 0.2) is 122 Å². The number of benzene rings is 3. The lowest BCUT2D eigenvalue weighted by Gasteiger charge is -2.14. The van der Waals surface area contributed by atoms with Crippen molar-refractivity contribution in [1.29, 1.82) is 0 Å². The summed E-state index contributed by atoms with van der Waals surface area (Å²) in [6.45, 7) is 0.407. The van der Waals surface area contributed by atoms with Gasteiger partial charge in [0, 0.05) is 36.3 Å². The summed E-state index contributed by atoms with van der Waals surface area (Å²) in [6.07, 6.45) is 8.83. The van der Waals surface area contributed by atoms with Gasteiger partial charge in [-0.2, -0.15) is 5.10 Å². The summed E-state index contributed by atoms with van der Waals surface area (Å²) in [5.74, 6) is 0.392. The van der Waals surface area contributed by atoms with Gasteiger partial charge in [0.05, 0.1) is 29.6 Å². The second-order valence-electron chi connectivity index (χ2n) is 8.52. The van der Waals surface area contributed by atoms with E-state index < -0.39 is 0 Å². The van der Waals surface area contributed by atoms with E-state index in [1.165, 1.54) is 6.07 Å². The molecule has 0 atom stereocenters. The van der Waals surface area contributed by atoms with Crippen LogP contribution in [0, 0.1) is 5.82 Å². The second-order valence-corrected chi connectivity index (χ2v) is 8.52. The van der Waals surface area contributed by atoms with Crippen molar-refractivity contribution in [2.45, 2.75) is 6.54 Å². The fraction of sp³-hybridized carbons (Fsp3) is 0.0333. The fourth-order valence-corrected chi connectivity index (χ4v) is 4.40. The Bertz CT molecular complexity index is 1620. The molecule has 6 rings (SSSR count). The predicted octanol–water partition coefficient (Wildman–Crippen LogP) is 6.54. The standard InChI is InChI=1S/C30H23FN6/c31-27-10-5-4-9-26(27)29-24(19-34-30-28(11-6-16-33-30)36-18-17-32-21-36)20-35-37(29)25-14-12-23(13-15-25)22-7-2-1-3-8-22/h1-18,20-21H,19H2,(H,33,34). The predicted molar refractivity (Wildman–Crippen MR) is 143 cm³/mol. The SMILES string of the molecule is Fc1ccccc1-c1c(CNc2ncccc2-n2ccnc2)cnn1-c1ccc(-c2ccccc2)cc1. The first-order valence-electron chi connectivity index (χ1n) is 11.9. The summed E-state index contributed by atoms with van der Waals surface area (Å²) in [4.78, 5) is 8.65. The smallest absolute Gasteiger partial charge is 0.150 e. The fourth-order valence-electron chi connectivity index (χ4n) is 4.40. The number of nitrogens with zero attached hydrogens (tertiary/aromatic N) is 5. The Hall–Kier alpha value is -5.04. The molecule has 3 heterocycles. The monoisotopic (exact) mass is 486 g/mol. The maximum absolute atomic E-state index is 15.0. The van der Waals surface area contributed by atoms with Crippen molar-refractivity contribution < 1.29 is 4.39 Å². The van der Waals surface area contributed by atoms with Gasteiger partial charge in [-0.1, -0.05) is 54.6 Å². The summed E-state index contributed by atoms with van der Waals surface area (Å²) in [5.41, 5.74) is 5.99. The van der Waals surface area contributed by atoms with Gasteiger partial charge in [-0.05, 0) is 47.5 Å². The van der Waals surface area contributed by atoms with Gasteiger partial charge in [-0.25, -0.2) is 19.0 Å². The Kier molecular flexibility index (Phi) is 6.01. The molecule has 0 radical (unpaired) electrons. The largest absolute Gasteiger partial charge is 0.364 e. The van der Waals surface area contributed by atoms with Crippen LogP contribution in [0.3, 0.4) is 0 Å². The van der Waals surface area contributed by atoms with Crippen molar-refractivity contribution in [3.05, 3.63) is 133 Å². The number of pyridine rings is 1. The molecule has 0 aliphatic carbocycles. The Balaban J connectivity index is 1.37. The van der Waals surface area contributed by atoms with Crippen LogP contribution in [-0.4, -0.2) is 24.3 Å². The number of imidazole rings is 1. The Morgan fingerprint density at radius 1 is 0.784 bits per heavy atom. The van der Waals surface area contributed by atoms with Gasteiger partial charge in [-0.15, -0.1) is 0 Å². The van der Waals surface area contributed by atoms with Gasteiger partial charge in [0.1, 0.15) is 5.82 Å². The lowest BCUT2D eigenvalue weighted by Crippen LogP contribution is -2.07. The highest BCUT2D eigenvalue weighted by molar-refractivity contribution is 5.69. The molecule has 0 spiro atoms. The highest BCUT2D eigenvalue weighted by Crippen LogP contribution is 2.31. The highest BCUT2D eigenvalue weighted by Gasteiger charge is 2.18. The van der Waals surface area contributed by atoms with Crippen LogP contribution in [-0.2, 0) is 6.54 Å². The van der Waals surface area contributed by atoms with E-state index >= 15 is 4.39 Å². The number of halogens is 1. The minimum absolute atomic E-state index is 0.302. The molecule has 180 valence electrons. The van der Waals surface area contributed by atoms with E-state index in [4.69, 9.17) is 0 Å². The van der Waals surface area contributed by atoms with Gasteiger partial charge in [0.25, 0.3) is 0 Å². The van der Waals surface area contributed by atoms with Crippen LogP contribution in [0.1, 0.15) is 5.56 Å². The number of anilines is 1. The molecule has 0 unspecified atom stereocenters. The summed E-state index contributed by atoms with van der Waals surface area (Å²) < 4.78 is 18.7. The average molecular weight is 487 g/mol. The molecule has 37 heavy (non-hydrogen) atoms. The van der Waals surface area contributed by atoms with Gasteiger partial charge in [0.15, 0.2) is 5.82 Å². The number of aromatic nitrogens is 5. The molecule has 3 aromatic carbocycles. The topological polar surface area (TPSA) is 60.6 Å². The lowest BCUT2D eigenvalue weighted by atomic mass is 10.0. The molecule has 0 saturated heterocycles. The van der Waals surface area contributed by atoms with Crippen molar-refractivity contribution in [3.63, 3.8) is 0 Å². The van der Waals surface area contributed by atoms with Crippen LogP contribution in [0.25, 0.3) is 33.8 Å². The number of rotatable bonds is 7. The number of nitrogens with one attached hydrogen (secondary N) is 1. The minimum atomic E-state index is -0.302. The molecule has 6 aromatic rings. The number of hydrogen-bond donors (Lipinski definition) is 1. The van der Waals surface area contributed by atoms with Gasteiger partial charge in [0.2, 0.25) is 0 Å². The zero-order valence-corrected chi connectivity index (χ0v) is 19.9.